The molecule has 4 aromatic rings. The number of carbonyl (C=O) groups is 1. The van der Waals surface area contributed by atoms with Gasteiger partial charge in [0.25, 0.3) is 5.89 Å². The molecular formula is C23H18N2O3S. The lowest BCUT2D eigenvalue weighted by molar-refractivity contribution is -0.143. The Bertz CT molecular complexity index is 1120. The summed E-state index contributed by atoms with van der Waals surface area (Å²) in [4.78, 5) is 14.3. The van der Waals surface area contributed by atoms with Gasteiger partial charge in [-0.3, -0.25) is 0 Å². The van der Waals surface area contributed by atoms with E-state index < -0.39 is 12.1 Å². The van der Waals surface area contributed by atoms with Crippen molar-refractivity contribution in [2.24, 2.45) is 0 Å². The van der Waals surface area contributed by atoms with E-state index in [2.05, 4.69) is 22.3 Å². The van der Waals surface area contributed by atoms with Crippen LogP contribution in [0.1, 0.15) is 23.8 Å². The summed E-state index contributed by atoms with van der Waals surface area (Å²) in [5.41, 5.74) is 1.97. The second-order valence-corrected chi connectivity index (χ2v) is 7.41. The molecule has 0 radical (unpaired) electrons. The molecule has 0 aliphatic carbocycles. The van der Waals surface area contributed by atoms with Crippen molar-refractivity contribution in [2.45, 2.75) is 13.0 Å². The number of ether oxygens (including phenoxy) is 1. The van der Waals surface area contributed by atoms with Crippen LogP contribution in [0.15, 0.2) is 83.3 Å². The lowest BCUT2D eigenvalue weighted by atomic mass is 10.2. The Morgan fingerprint density at radius 2 is 1.66 bits per heavy atom. The normalized spacial score (nSPS) is 12.2. The van der Waals surface area contributed by atoms with E-state index in [0.717, 1.165) is 20.9 Å². The van der Waals surface area contributed by atoms with Gasteiger partial charge in [0, 0.05) is 21.4 Å². The number of nitrogens with zero attached hydrogens (tertiary/aromatic N) is 2. The van der Waals surface area contributed by atoms with Crippen LogP contribution in [0.5, 0.6) is 0 Å². The van der Waals surface area contributed by atoms with E-state index in [1.807, 2.05) is 60.7 Å². The van der Waals surface area contributed by atoms with Gasteiger partial charge >= 0.3 is 5.97 Å². The summed E-state index contributed by atoms with van der Waals surface area (Å²) in [6.45, 7) is 1.70. The van der Waals surface area contributed by atoms with Crippen LogP contribution >= 0.6 is 11.3 Å². The van der Waals surface area contributed by atoms with Crippen LogP contribution in [0.4, 0.5) is 0 Å². The molecule has 0 bridgehead atoms. The van der Waals surface area contributed by atoms with Crippen molar-refractivity contribution in [1.82, 2.24) is 10.2 Å². The molecule has 0 aliphatic heterocycles. The highest BCUT2D eigenvalue weighted by molar-refractivity contribution is 7.16. The first-order chi connectivity index (χ1) is 14.2. The first-order valence-electron chi connectivity index (χ1n) is 9.12. The maximum Gasteiger partial charge on any atom is 0.331 e. The third kappa shape index (κ3) is 4.67. The van der Waals surface area contributed by atoms with Gasteiger partial charge in [-0.25, -0.2) is 4.79 Å². The zero-order valence-electron chi connectivity index (χ0n) is 15.7. The number of esters is 1. The minimum absolute atomic E-state index is 0.257. The second kappa shape index (κ2) is 8.67. The van der Waals surface area contributed by atoms with Gasteiger partial charge in [0.05, 0.1) is 0 Å². The number of hydrogen-bond acceptors (Lipinski definition) is 6. The van der Waals surface area contributed by atoms with Crippen molar-refractivity contribution in [2.75, 3.05) is 0 Å². The molecule has 6 heteroatoms. The van der Waals surface area contributed by atoms with Crippen molar-refractivity contribution in [1.29, 1.82) is 0 Å². The first kappa shape index (κ1) is 18.8. The fourth-order valence-electron chi connectivity index (χ4n) is 2.71. The predicted octanol–water partition coefficient (Wildman–Crippen LogP) is 5.78. The Labute approximate surface area is 172 Å². The number of aromatic nitrogens is 2. The van der Waals surface area contributed by atoms with Crippen LogP contribution in [0.25, 0.3) is 28.0 Å². The van der Waals surface area contributed by atoms with Crippen LogP contribution in [0.2, 0.25) is 0 Å². The lowest BCUT2D eigenvalue weighted by Gasteiger charge is -2.06. The Hall–Kier alpha value is -3.51. The largest absolute Gasteiger partial charge is 0.449 e. The molecular weight excluding hydrogens is 384 g/mol. The van der Waals surface area contributed by atoms with E-state index in [-0.39, 0.29) is 5.89 Å². The van der Waals surface area contributed by atoms with Crippen LogP contribution < -0.4 is 0 Å². The van der Waals surface area contributed by atoms with Gasteiger partial charge in [-0.15, -0.1) is 21.5 Å². The minimum Gasteiger partial charge on any atom is -0.449 e. The number of carbonyl (C=O) groups excluding carboxylic acids is 1. The van der Waals surface area contributed by atoms with Crippen molar-refractivity contribution in [3.8, 4) is 21.9 Å². The highest BCUT2D eigenvalue weighted by Gasteiger charge is 2.18. The van der Waals surface area contributed by atoms with Crippen LogP contribution in [-0.2, 0) is 9.53 Å². The summed E-state index contributed by atoms with van der Waals surface area (Å²) in [7, 11) is 0. The highest BCUT2D eigenvalue weighted by atomic mass is 32.1. The van der Waals surface area contributed by atoms with Gasteiger partial charge < -0.3 is 9.15 Å². The Morgan fingerprint density at radius 3 is 2.38 bits per heavy atom. The van der Waals surface area contributed by atoms with Crippen LogP contribution in [0, 0.1) is 0 Å². The maximum absolute atomic E-state index is 12.2. The fraction of sp³-hybridized carbons (Fsp3) is 0.0870. The zero-order valence-corrected chi connectivity index (χ0v) is 16.5. The van der Waals surface area contributed by atoms with Crippen molar-refractivity contribution in [3.05, 3.63) is 89.6 Å². The summed E-state index contributed by atoms with van der Waals surface area (Å²) in [6, 6.07) is 23.6. The second-order valence-electron chi connectivity index (χ2n) is 6.29. The molecule has 0 fully saturated rings. The average Bonchev–Trinajstić information content (AvgIpc) is 3.44. The van der Waals surface area contributed by atoms with E-state index in [1.54, 1.807) is 24.3 Å². The van der Waals surface area contributed by atoms with Gasteiger partial charge in [0.15, 0.2) is 6.10 Å². The zero-order chi connectivity index (χ0) is 20.1. The van der Waals surface area contributed by atoms with Crippen molar-refractivity contribution >= 4 is 23.4 Å². The highest BCUT2D eigenvalue weighted by Crippen LogP contribution is 2.28. The number of rotatable bonds is 6. The first-order valence-corrected chi connectivity index (χ1v) is 9.93. The van der Waals surface area contributed by atoms with Gasteiger partial charge in [-0.1, -0.05) is 48.5 Å². The van der Waals surface area contributed by atoms with Gasteiger partial charge in [-0.2, -0.15) is 0 Å². The molecule has 1 unspecified atom stereocenters. The summed E-state index contributed by atoms with van der Waals surface area (Å²) in [6.07, 6.45) is 2.52. The van der Waals surface area contributed by atoms with Crippen molar-refractivity contribution < 1.29 is 13.9 Å². The molecule has 0 saturated carbocycles. The third-order valence-corrected chi connectivity index (χ3v) is 5.27. The molecule has 5 nitrogen and oxygen atoms in total. The maximum atomic E-state index is 12.2. The Balaban J connectivity index is 1.37. The molecule has 2 aromatic carbocycles. The van der Waals surface area contributed by atoms with Gasteiger partial charge in [-0.05, 0) is 42.8 Å². The number of thiophene rings is 1. The summed E-state index contributed by atoms with van der Waals surface area (Å²) >= 11 is 1.61. The molecule has 0 spiro atoms. The monoisotopic (exact) mass is 402 g/mol. The minimum atomic E-state index is -0.639. The van der Waals surface area contributed by atoms with Crippen molar-refractivity contribution in [3.63, 3.8) is 0 Å². The average molecular weight is 402 g/mol. The molecule has 0 amide bonds. The van der Waals surface area contributed by atoms with E-state index in [4.69, 9.17) is 9.15 Å². The molecule has 0 N–H and O–H groups in total. The predicted molar refractivity (Wildman–Crippen MR) is 113 cm³/mol. The Morgan fingerprint density at radius 1 is 0.966 bits per heavy atom. The summed E-state index contributed by atoms with van der Waals surface area (Å²) in [5, 5.41) is 8.00. The molecule has 2 aromatic heterocycles. The molecule has 4 rings (SSSR count). The van der Waals surface area contributed by atoms with E-state index in [0.29, 0.717) is 5.89 Å². The smallest absolute Gasteiger partial charge is 0.331 e. The van der Waals surface area contributed by atoms with Crippen LogP contribution in [-0.4, -0.2) is 16.2 Å². The molecule has 0 saturated heterocycles. The van der Waals surface area contributed by atoms with E-state index in [9.17, 15) is 4.79 Å². The molecule has 0 aliphatic rings. The van der Waals surface area contributed by atoms with Crippen LogP contribution in [0.3, 0.4) is 0 Å². The summed E-state index contributed by atoms with van der Waals surface area (Å²) < 4.78 is 11.0. The molecule has 29 heavy (non-hydrogen) atoms. The fourth-order valence-corrected chi connectivity index (χ4v) is 3.63. The molecule has 144 valence electrons. The third-order valence-electron chi connectivity index (χ3n) is 4.17. The van der Waals surface area contributed by atoms with E-state index >= 15 is 0 Å². The number of hydrogen-bond donors (Lipinski definition) is 0. The van der Waals surface area contributed by atoms with E-state index in [1.165, 1.54) is 6.08 Å². The quantitative estimate of drug-likeness (QED) is 0.302. The lowest BCUT2D eigenvalue weighted by Crippen LogP contribution is -2.06. The Kier molecular flexibility index (Phi) is 5.63. The SMILES string of the molecule is CC(OC(=O)/C=C/c1ccc(-c2ccccc2)s1)c1nnc(-c2ccccc2)o1. The summed E-state index contributed by atoms with van der Waals surface area (Å²) in [5.74, 6) is 0.186. The van der Waals surface area contributed by atoms with Gasteiger partial charge in [0.1, 0.15) is 0 Å². The molecule has 2 heterocycles. The van der Waals surface area contributed by atoms with Gasteiger partial charge in [0.2, 0.25) is 5.89 Å². The molecule has 1 atom stereocenters. The number of benzene rings is 2. The topological polar surface area (TPSA) is 65.2 Å². The standard InChI is InChI=1S/C23H18N2O3S/c1-16(22-24-25-23(28-22)18-10-6-3-7-11-18)27-21(26)15-13-19-12-14-20(29-19)17-8-4-2-5-9-17/h2-16H,1H3/b15-13+.